The predicted octanol–water partition coefficient (Wildman–Crippen LogP) is 2.77. The van der Waals surface area contributed by atoms with E-state index in [-0.39, 0.29) is 6.04 Å². The molecule has 1 fully saturated rings. The van der Waals surface area contributed by atoms with E-state index in [1.165, 1.54) is 32.5 Å². The Hall–Kier alpha value is -1.06. The molecule has 106 valence electrons. The Morgan fingerprint density at radius 3 is 2.68 bits per heavy atom. The summed E-state index contributed by atoms with van der Waals surface area (Å²) in [7, 11) is 0. The Morgan fingerprint density at radius 1 is 1.26 bits per heavy atom. The monoisotopic (exact) mass is 262 g/mol. The fourth-order valence-corrected chi connectivity index (χ4v) is 2.76. The van der Waals surface area contributed by atoms with Crippen molar-refractivity contribution in [1.29, 1.82) is 0 Å². The number of rotatable bonds is 6. The number of hydrogen-bond donors (Lipinski definition) is 2. The van der Waals surface area contributed by atoms with Crippen LogP contribution in [0.2, 0.25) is 0 Å². The molecule has 0 radical (unpaired) electrons. The van der Waals surface area contributed by atoms with E-state index >= 15 is 0 Å². The first kappa shape index (κ1) is 14.4. The molecule has 0 spiro atoms. The lowest BCUT2D eigenvalue weighted by Gasteiger charge is -2.22. The van der Waals surface area contributed by atoms with Gasteiger partial charge in [-0.1, -0.05) is 19.1 Å². The molecule has 2 N–H and O–H groups in total. The minimum Gasteiger partial charge on any atom is -0.508 e. The summed E-state index contributed by atoms with van der Waals surface area (Å²) in [6.07, 6.45) is 2.72. The minimum atomic E-state index is 0.285. The van der Waals surface area contributed by atoms with E-state index in [1.54, 1.807) is 6.07 Å². The number of nitrogens with one attached hydrogen (secondary N) is 1. The first-order chi connectivity index (χ1) is 9.15. The quantitative estimate of drug-likeness (QED) is 0.827. The molecule has 1 saturated heterocycles. The summed E-state index contributed by atoms with van der Waals surface area (Å²) < 4.78 is 0. The van der Waals surface area contributed by atoms with Crippen LogP contribution < -0.4 is 5.32 Å². The Balaban J connectivity index is 1.74. The van der Waals surface area contributed by atoms with E-state index in [1.807, 2.05) is 12.1 Å². The Labute approximate surface area is 116 Å². The van der Waals surface area contributed by atoms with E-state index in [2.05, 4.69) is 30.1 Å². The average molecular weight is 262 g/mol. The van der Waals surface area contributed by atoms with Crippen LogP contribution in [-0.2, 0) is 0 Å². The number of phenolic OH excluding ortho intramolecular Hbond substituents is 1. The molecule has 3 nitrogen and oxygen atoms in total. The summed E-state index contributed by atoms with van der Waals surface area (Å²) in [5.41, 5.74) is 1.15. The Kier molecular flexibility index (Phi) is 5.23. The van der Waals surface area contributed by atoms with Gasteiger partial charge in [-0.15, -0.1) is 0 Å². The number of benzene rings is 1. The van der Waals surface area contributed by atoms with Crippen LogP contribution in [0.4, 0.5) is 0 Å². The molecule has 2 unspecified atom stereocenters. The Morgan fingerprint density at radius 2 is 2.00 bits per heavy atom. The molecule has 1 aliphatic rings. The van der Waals surface area contributed by atoms with Crippen molar-refractivity contribution in [3.05, 3.63) is 29.8 Å². The summed E-state index contributed by atoms with van der Waals surface area (Å²) in [6.45, 7) is 9.21. The van der Waals surface area contributed by atoms with Crippen LogP contribution in [0.3, 0.4) is 0 Å². The lowest BCUT2D eigenvalue weighted by atomic mass is 10.1. The zero-order valence-electron chi connectivity index (χ0n) is 12.1. The van der Waals surface area contributed by atoms with E-state index in [9.17, 15) is 5.11 Å². The third kappa shape index (κ3) is 4.51. The highest BCUT2D eigenvalue weighted by Crippen LogP contribution is 2.18. The normalized spacial score (nSPS) is 19.5. The van der Waals surface area contributed by atoms with Gasteiger partial charge in [0, 0.05) is 12.6 Å². The van der Waals surface area contributed by atoms with E-state index in [0.717, 1.165) is 12.1 Å². The predicted molar refractivity (Wildman–Crippen MR) is 79.4 cm³/mol. The maximum Gasteiger partial charge on any atom is 0.115 e. The number of nitrogens with zero attached hydrogens (tertiary/aromatic N) is 1. The van der Waals surface area contributed by atoms with Crippen molar-refractivity contribution in [1.82, 2.24) is 10.2 Å². The van der Waals surface area contributed by atoms with Crippen LogP contribution in [0.25, 0.3) is 0 Å². The lowest BCUT2D eigenvalue weighted by Crippen LogP contribution is -2.32. The highest BCUT2D eigenvalue weighted by molar-refractivity contribution is 5.28. The maximum atomic E-state index is 9.49. The molecule has 0 saturated carbocycles. The summed E-state index contributed by atoms with van der Waals surface area (Å²) in [4.78, 5) is 2.56. The van der Waals surface area contributed by atoms with Crippen LogP contribution in [0.15, 0.2) is 24.3 Å². The van der Waals surface area contributed by atoms with Crippen LogP contribution in [0.1, 0.15) is 38.3 Å². The molecular formula is C16H26N2O. The van der Waals surface area contributed by atoms with Crippen molar-refractivity contribution in [2.45, 2.75) is 32.7 Å². The summed E-state index contributed by atoms with van der Waals surface area (Å²) in [5.74, 6) is 1.01. The van der Waals surface area contributed by atoms with Crippen molar-refractivity contribution in [3.8, 4) is 5.75 Å². The molecule has 1 aliphatic heterocycles. The SMILES string of the molecule is CC(CNC(C)c1cccc(O)c1)CN1CCCC1. The number of phenols is 1. The van der Waals surface area contributed by atoms with Crippen LogP contribution in [-0.4, -0.2) is 36.2 Å². The topological polar surface area (TPSA) is 35.5 Å². The van der Waals surface area contributed by atoms with Gasteiger partial charge in [0.05, 0.1) is 0 Å². The highest BCUT2D eigenvalue weighted by Gasteiger charge is 2.15. The fraction of sp³-hybridized carbons (Fsp3) is 0.625. The third-order valence-corrected chi connectivity index (χ3v) is 3.91. The molecule has 1 aromatic rings. The molecule has 0 amide bonds. The second-order valence-corrected chi connectivity index (χ2v) is 5.84. The first-order valence-electron chi connectivity index (χ1n) is 7.40. The smallest absolute Gasteiger partial charge is 0.115 e. The number of hydrogen-bond acceptors (Lipinski definition) is 3. The lowest BCUT2D eigenvalue weighted by molar-refractivity contribution is 0.279. The van der Waals surface area contributed by atoms with Crippen molar-refractivity contribution >= 4 is 0 Å². The molecule has 2 rings (SSSR count). The number of likely N-dealkylation sites (tertiary alicyclic amines) is 1. The maximum absolute atomic E-state index is 9.49. The van der Waals surface area contributed by atoms with Gasteiger partial charge in [0.15, 0.2) is 0 Å². The Bertz CT molecular complexity index is 388. The summed E-state index contributed by atoms with van der Waals surface area (Å²) in [5, 5.41) is 13.1. The highest BCUT2D eigenvalue weighted by atomic mass is 16.3. The summed E-state index contributed by atoms with van der Waals surface area (Å²) in [6, 6.07) is 7.79. The molecule has 19 heavy (non-hydrogen) atoms. The third-order valence-electron chi connectivity index (χ3n) is 3.91. The zero-order chi connectivity index (χ0) is 13.7. The van der Waals surface area contributed by atoms with Crippen molar-refractivity contribution in [3.63, 3.8) is 0 Å². The van der Waals surface area contributed by atoms with Gasteiger partial charge in [0.25, 0.3) is 0 Å². The van der Waals surface area contributed by atoms with Gasteiger partial charge in [0.2, 0.25) is 0 Å². The van der Waals surface area contributed by atoms with Gasteiger partial charge in [-0.3, -0.25) is 0 Å². The van der Waals surface area contributed by atoms with Crippen LogP contribution in [0, 0.1) is 5.92 Å². The van der Waals surface area contributed by atoms with Crippen LogP contribution in [0.5, 0.6) is 5.75 Å². The zero-order valence-corrected chi connectivity index (χ0v) is 12.1. The summed E-state index contributed by atoms with van der Waals surface area (Å²) >= 11 is 0. The fourth-order valence-electron chi connectivity index (χ4n) is 2.76. The van der Waals surface area contributed by atoms with Crippen LogP contribution >= 0.6 is 0 Å². The average Bonchev–Trinajstić information content (AvgIpc) is 2.88. The minimum absolute atomic E-state index is 0.285. The largest absolute Gasteiger partial charge is 0.508 e. The molecule has 1 aromatic carbocycles. The molecule has 0 aliphatic carbocycles. The molecule has 2 atom stereocenters. The van der Waals surface area contributed by atoms with E-state index in [0.29, 0.717) is 11.7 Å². The molecule has 0 bridgehead atoms. The second kappa shape index (κ2) is 6.92. The molecule has 3 heteroatoms. The van der Waals surface area contributed by atoms with Crippen molar-refractivity contribution < 1.29 is 5.11 Å². The van der Waals surface area contributed by atoms with Gasteiger partial charge in [-0.05, 0) is 63.0 Å². The van der Waals surface area contributed by atoms with Gasteiger partial charge < -0.3 is 15.3 Å². The van der Waals surface area contributed by atoms with E-state index in [4.69, 9.17) is 0 Å². The molecule has 1 heterocycles. The second-order valence-electron chi connectivity index (χ2n) is 5.84. The van der Waals surface area contributed by atoms with Gasteiger partial charge in [0.1, 0.15) is 5.75 Å². The molecule has 0 aromatic heterocycles. The standard InChI is InChI=1S/C16H26N2O/c1-13(12-18-8-3-4-9-18)11-17-14(2)15-6-5-7-16(19)10-15/h5-7,10,13-14,17,19H,3-4,8-9,11-12H2,1-2H3. The van der Waals surface area contributed by atoms with Gasteiger partial charge in [-0.2, -0.15) is 0 Å². The van der Waals surface area contributed by atoms with E-state index < -0.39 is 0 Å². The molecular weight excluding hydrogens is 236 g/mol. The van der Waals surface area contributed by atoms with Crippen molar-refractivity contribution in [2.75, 3.05) is 26.2 Å². The first-order valence-corrected chi connectivity index (χ1v) is 7.40. The van der Waals surface area contributed by atoms with Gasteiger partial charge in [-0.25, -0.2) is 0 Å². The number of aromatic hydroxyl groups is 1. The van der Waals surface area contributed by atoms with Gasteiger partial charge >= 0.3 is 0 Å². The van der Waals surface area contributed by atoms with Crippen molar-refractivity contribution in [2.24, 2.45) is 5.92 Å².